The Balaban J connectivity index is 1.23. The average molecular weight is 521 g/mol. The lowest BCUT2D eigenvalue weighted by Gasteiger charge is -2.31. The van der Waals surface area contributed by atoms with Gasteiger partial charge in [-0.05, 0) is 62.9 Å². The van der Waals surface area contributed by atoms with Gasteiger partial charge < -0.3 is 20.7 Å². The van der Waals surface area contributed by atoms with Crippen LogP contribution in [0.25, 0.3) is 11.2 Å². The van der Waals surface area contributed by atoms with E-state index in [4.69, 9.17) is 4.74 Å². The number of hydrogen-bond donors (Lipinski definition) is 3. The second-order valence-corrected chi connectivity index (χ2v) is 10.1. The summed E-state index contributed by atoms with van der Waals surface area (Å²) >= 11 is 0. The molecule has 0 unspecified atom stereocenters. The van der Waals surface area contributed by atoms with E-state index in [0.29, 0.717) is 29.5 Å². The van der Waals surface area contributed by atoms with E-state index < -0.39 is 0 Å². The molecule has 1 saturated heterocycles. The van der Waals surface area contributed by atoms with Gasteiger partial charge in [0.1, 0.15) is 6.33 Å². The molecule has 2 aliphatic rings. The fourth-order valence-electron chi connectivity index (χ4n) is 4.65. The van der Waals surface area contributed by atoms with Gasteiger partial charge in [-0.2, -0.15) is 9.97 Å². The van der Waals surface area contributed by atoms with Gasteiger partial charge in [0.05, 0.1) is 12.5 Å². The van der Waals surface area contributed by atoms with E-state index in [1.54, 1.807) is 7.05 Å². The number of hydrogen-bond acceptors (Lipinski definition) is 9. The Labute approximate surface area is 222 Å². The molecule has 0 spiro atoms. The first-order chi connectivity index (χ1) is 18.5. The van der Waals surface area contributed by atoms with Crippen LogP contribution in [0.15, 0.2) is 30.6 Å². The van der Waals surface area contributed by atoms with Crippen LogP contribution in [0.4, 0.5) is 22.2 Å². The monoisotopic (exact) mass is 520 g/mol. The van der Waals surface area contributed by atoms with Crippen LogP contribution in [0.5, 0.6) is 0 Å². The van der Waals surface area contributed by atoms with Gasteiger partial charge in [0.15, 0.2) is 17.0 Å². The zero-order chi connectivity index (χ0) is 26.5. The van der Waals surface area contributed by atoms with E-state index in [2.05, 4.69) is 54.9 Å². The van der Waals surface area contributed by atoms with Gasteiger partial charge in [-0.15, -0.1) is 0 Å². The highest BCUT2D eigenvalue weighted by Gasteiger charge is 2.27. The lowest BCUT2D eigenvalue weighted by Crippen LogP contribution is -2.36. The number of fused-ring (bicyclic) bond motifs is 1. The molecule has 1 amide bonds. The van der Waals surface area contributed by atoms with Crippen molar-refractivity contribution in [3.05, 3.63) is 36.2 Å². The minimum absolute atomic E-state index is 0.00402. The van der Waals surface area contributed by atoms with Gasteiger partial charge in [-0.3, -0.25) is 9.69 Å². The third kappa shape index (κ3) is 6.21. The Morgan fingerprint density at radius 1 is 1.13 bits per heavy atom. The minimum atomic E-state index is -0.235. The minimum Gasteiger partial charge on any atom is -0.465 e. The maximum Gasteiger partial charge on any atom is 0.328 e. The van der Waals surface area contributed by atoms with Gasteiger partial charge in [-0.1, -0.05) is 25.5 Å². The molecule has 5 rings (SSSR count). The number of amides is 1. The molecule has 202 valence electrons. The molecule has 1 aromatic carbocycles. The number of carbonyl (C=O) groups is 2. The van der Waals surface area contributed by atoms with Crippen LogP contribution in [0.2, 0.25) is 0 Å². The molecule has 0 radical (unpaired) electrons. The third-order valence-electron chi connectivity index (χ3n) is 7.01. The van der Waals surface area contributed by atoms with E-state index in [0.717, 1.165) is 69.4 Å². The highest BCUT2D eigenvalue weighted by atomic mass is 16.5. The molecule has 3 N–H and O–H groups in total. The summed E-state index contributed by atoms with van der Waals surface area (Å²) in [4.78, 5) is 40.8. The second kappa shape index (κ2) is 11.8. The van der Waals surface area contributed by atoms with Crippen molar-refractivity contribution in [2.45, 2.75) is 58.0 Å². The van der Waals surface area contributed by atoms with E-state index in [1.165, 1.54) is 10.9 Å². The summed E-state index contributed by atoms with van der Waals surface area (Å²) in [5.74, 6) is 0.878. The van der Waals surface area contributed by atoms with Gasteiger partial charge in [-0.25, -0.2) is 14.3 Å². The second-order valence-electron chi connectivity index (χ2n) is 10.1. The largest absolute Gasteiger partial charge is 0.465 e. The van der Waals surface area contributed by atoms with Crippen LogP contribution in [0.3, 0.4) is 0 Å². The van der Waals surface area contributed by atoms with Crippen molar-refractivity contribution < 1.29 is 14.3 Å². The van der Waals surface area contributed by atoms with E-state index >= 15 is 0 Å². The molecule has 1 aliphatic carbocycles. The van der Waals surface area contributed by atoms with Gasteiger partial charge >= 0.3 is 12.0 Å². The number of piperidine rings is 1. The van der Waals surface area contributed by atoms with Crippen LogP contribution in [0, 0.1) is 5.92 Å². The van der Waals surface area contributed by atoms with Gasteiger partial charge in [0, 0.05) is 25.3 Å². The predicted octanol–water partition coefficient (Wildman–Crippen LogP) is 3.89. The Kier molecular flexibility index (Phi) is 8.02. The molecule has 0 atom stereocenters. The lowest BCUT2D eigenvalue weighted by atomic mass is 9.96. The molecule has 1 saturated carbocycles. The zero-order valence-electron chi connectivity index (χ0n) is 22.1. The molecule has 2 fully saturated rings. The Hall–Kier alpha value is -3.73. The molecule has 0 bridgehead atoms. The van der Waals surface area contributed by atoms with E-state index in [-0.39, 0.29) is 24.0 Å². The van der Waals surface area contributed by atoms with E-state index in [1.807, 2.05) is 12.1 Å². The maximum atomic E-state index is 12.7. The van der Waals surface area contributed by atoms with Crippen molar-refractivity contribution in [3.63, 3.8) is 0 Å². The first-order valence-corrected chi connectivity index (χ1v) is 13.5. The first kappa shape index (κ1) is 25.9. The summed E-state index contributed by atoms with van der Waals surface area (Å²) in [5, 5.41) is 9.32. The fourth-order valence-corrected chi connectivity index (χ4v) is 4.65. The quantitative estimate of drug-likeness (QED) is 0.270. The SMILES string of the molecule is CCCCOC(=O)C1CCN(Cc2cccc(Nc3nc(NC)c4ncn(C(=O)NC5CC5)c4n3)c2)CC1. The Bertz CT molecular complexity index is 1280. The number of benzene rings is 1. The molecular weight excluding hydrogens is 484 g/mol. The number of nitrogens with zero attached hydrogens (tertiary/aromatic N) is 5. The van der Waals surface area contributed by atoms with Crippen molar-refractivity contribution >= 4 is 40.6 Å². The summed E-state index contributed by atoms with van der Waals surface area (Å²) in [6.45, 7) is 5.14. The lowest BCUT2D eigenvalue weighted by molar-refractivity contribution is -0.150. The summed E-state index contributed by atoms with van der Waals surface area (Å²) in [7, 11) is 1.77. The summed E-state index contributed by atoms with van der Waals surface area (Å²) < 4.78 is 6.85. The van der Waals surface area contributed by atoms with Crippen LogP contribution < -0.4 is 16.0 Å². The van der Waals surface area contributed by atoms with Crippen LogP contribution in [-0.4, -0.2) is 69.2 Å². The number of rotatable bonds is 10. The number of carbonyl (C=O) groups excluding carboxylic acids is 2. The zero-order valence-corrected chi connectivity index (χ0v) is 22.1. The van der Waals surface area contributed by atoms with Gasteiger partial charge in [0.25, 0.3) is 0 Å². The summed E-state index contributed by atoms with van der Waals surface area (Å²) in [6.07, 6.45) is 7.08. The number of nitrogens with one attached hydrogen (secondary N) is 3. The molecule has 3 heterocycles. The number of imidazole rings is 1. The number of anilines is 3. The Morgan fingerprint density at radius 3 is 2.68 bits per heavy atom. The van der Waals surface area contributed by atoms with E-state index in [9.17, 15) is 9.59 Å². The van der Waals surface area contributed by atoms with Crippen molar-refractivity contribution in [3.8, 4) is 0 Å². The van der Waals surface area contributed by atoms with Crippen LogP contribution >= 0.6 is 0 Å². The molecular formula is C27H36N8O3. The fraction of sp³-hybridized carbons (Fsp3) is 0.519. The van der Waals surface area contributed by atoms with Crippen molar-refractivity contribution in [2.75, 3.05) is 37.4 Å². The van der Waals surface area contributed by atoms with Crippen molar-refractivity contribution in [1.82, 2.24) is 29.7 Å². The maximum absolute atomic E-state index is 12.7. The number of unbranched alkanes of at least 4 members (excludes halogenated alkanes) is 1. The molecule has 1 aliphatic heterocycles. The number of ether oxygens (including phenoxy) is 1. The summed E-state index contributed by atoms with van der Waals surface area (Å²) in [5.41, 5.74) is 2.99. The molecule has 3 aromatic rings. The molecule has 38 heavy (non-hydrogen) atoms. The average Bonchev–Trinajstić information content (AvgIpc) is 3.63. The Morgan fingerprint density at radius 2 is 1.95 bits per heavy atom. The third-order valence-corrected chi connectivity index (χ3v) is 7.01. The highest BCUT2D eigenvalue weighted by Crippen LogP contribution is 2.25. The smallest absolute Gasteiger partial charge is 0.328 e. The van der Waals surface area contributed by atoms with Crippen LogP contribution in [0.1, 0.15) is 51.0 Å². The number of likely N-dealkylation sites (tertiary alicyclic amines) is 1. The first-order valence-electron chi connectivity index (χ1n) is 13.5. The normalized spacial score (nSPS) is 16.4. The van der Waals surface area contributed by atoms with Crippen LogP contribution in [-0.2, 0) is 16.1 Å². The van der Waals surface area contributed by atoms with Gasteiger partial charge in [0.2, 0.25) is 5.95 Å². The molecule has 11 heteroatoms. The molecule has 2 aromatic heterocycles. The number of aromatic nitrogens is 4. The summed E-state index contributed by atoms with van der Waals surface area (Å²) in [6, 6.07) is 8.13. The highest BCUT2D eigenvalue weighted by molar-refractivity contribution is 5.92. The van der Waals surface area contributed by atoms with Crippen molar-refractivity contribution in [1.29, 1.82) is 0 Å². The topological polar surface area (TPSA) is 126 Å². The number of esters is 1. The molecule has 11 nitrogen and oxygen atoms in total. The van der Waals surface area contributed by atoms with Crippen molar-refractivity contribution in [2.24, 2.45) is 5.92 Å². The standard InChI is InChI=1S/C27H36N8O3/c1-3-4-14-38-25(36)19-10-12-34(13-11-19)16-18-6-5-7-21(15-18)30-26-32-23(28-2)22-24(33-26)35(17-29-22)27(37)31-20-8-9-20/h5-7,15,17,19-20H,3-4,8-14,16H2,1-2H3,(H,31,37)(H2,28,30,32,33). The predicted molar refractivity (Wildman–Crippen MR) is 145 cm³/mol.